The third-order valence-electron chi connectivity index (χ3n) is 2.07. The second kappa shape index (κ2) is 3.89. The van der Waals surface area contributed by atoms with E-state index in [9.17, 15) is 0 Å². The predicted molar refractivity (Wildman–Crippen MR) is 56.9 cm³/mol. The van der Waals surface area contributed by atoms with Crippen LogP contribution in [0.5, 0.6) is 0 Å². The lowest BCUT2D eigenvalue weighted by Crippen LogP contribution is -1.90. The van der Waals surface area contributed by atoms with Crippen LogP contribution in [0, 0.1) is 18.3 Å². The van der Waals surface area contributed by atoms with Crippen molar-refractivity contribution in [3.05, 3.63) is 47.9 Å². The van der Waals surface area contributed by atoms with Gasteiger partial charge in [0.2, 0.25) is 5.82 Å². The van der Waals surface area contributed by atoms with Crippen molar-refractivity contribution in [3.63, 3.8) is 0 Å². The molecule has 0 fully saturated rings. The summed E-state index contributed by atoms with van der Waals surface area (Å²) < 4.78 is 0. The van der Waals surface area contributed by atoms with Crippen LogP contribution in [0.15, 0.2) is 36.5 Å². The van der Waals surface area contributed by atoms with Gasteiger partial charge in [-0.1, -0.05) is 23.8 Å². The van der Waals surface area contributed by atoms with Crippen LogP contribution in [-0.4, -0.2) is 9.97 Å². The number of aryl methyl sites for hydroxylation is 1. The largest absolute Gasteiger partial charge is 0.232 e. The summed E-state index contributed by atoms with van der Waals surface area (Å²) in [5, 5.41) is 8.69. The minimum atomic E-state index is 0.203. The highest BCUT2D eigenvalue weighted by molar-refractivity contribution is 5.59. The fraction of sp³-hybridized carbons (Fsp3) is 0.0833. The molecule has 0 spiro atoms. The standard InChI is InChI=1S/C12H9N3/c1-9-3-2-4-10(7-9)11-5-6-14-12(8-13)15-11/h2-7H,1H3. The van der Waals surface area contributed by atoms with Gasteiger partial charge < -0.3 is 0 Å². The van der Waals surface area contributed by atoms with Crippen LogP contribution in [0.4, 0.5) is 0 Å². The van der Waals surface area contributed by atoms with E-state index in [4.69, 9.17) is 5.26 Å². The Morgan fingerprint density at radius 2 is 2.13 bits per heavy atom. The molecule has 0 aliphatic rings. The maximum absolute atomic E-state index is 8.69. The van der Waals surface area contributed by atoms with E-state index in [0.29, 0.717) is 0 Å². The van der Waals surface area contributed by atoms with Gasteiger partial charge in [-0.2, -0.15) is 5.26 Å². The quantitative estimate of drug-likeness (QED) is 0.701. The van der Waals surface area contributed by atoms with E-state index in [1.54, 1.807) is 12.3 Å². The summed E-state index contributed by atoms with van der Waals surface area (Å²) in [7, 11) is 0. The number of nitrogens with zero attached hydrogens (tertiary/aromatic N) is 3. The number of aromatic nitrogens is 2. The second-order valence-electron chi connectivity index (χ2n) is 3.25. The Morgan fingerprint density at radius 1 is 1.27 bits per heavy atom. The van der Waals surface area contributed by atoms with Crippen molar-refractivity contribution >= 4 is 0 Å². The maximum atomic E-state index is 8.69. The summed E-state index contributed by atoms with van der Waals surface area (Å²) in [6, 6.07) is 11.7. The summed E-state index contributed by atoms with van der Waals surface area (Å²) in [5.74, 6) is 0.203. The van der Waals surface area contributed by atoms with Crippen molar-refractivity contribution < 1.29 is 0 Å². The monoisotopic (exact) mass is 195 g/mol. The molecule has 0 radical (unpaired) electrons. The Bertz CT molecular complexity index is 526. The van der Waals surface area contributed by atoms with Gasteiger partial charge in [-0.05, 0) is 19.1 Å². The van der Waals surface area contributed by atoms with Crippen LogP contribution in [0.3, 0.4) is 0 Å². The molecule has 1 heterocycles. The summed E-state index contributed by atoms with van der Waals surface area (Å²) >= 11 is 0. The summed E-state index contributed by atoms with van der Waals surface area (Å²) in [5.41, 5.74) is 2.96. The summed E-state index contributed by atoms with van der Waals surface area (Å²) in [6.07, 6.45) is 1.60. The number of hydrogen-bond donors (Lipinski definition) is 0. The third kappa shape index (κ3) is 2.00. The smallest absolute Gasteiger partial charge is 0.227 e. The molecule has 0 bridgehead atoms. The van der Waals surface area contributed by atoms with Crippen molar-refractivity contribution in [2.45, 2.75) is 6.92 Å². The number of hydrogen-bond acceptors (Lipinski definition) is 3. The fourth-order valence-electron chi connectivity index (χ4n) is 1.38. The van der Waals surface area contributed by atoms with Gasteiger partial charge in [0, 0.05) is 11.8 Å². The molecule has 0 saturated heterocycles. The molecular formula is C12H9N3. The Kier molecular flexibility index (Phi) is 2.42. The lowest BCUT2D eigenvalue weighted by Gasteiger charge is -2.01. The van der Waals surface area contributed by atoms with E-state index >= 15 is 0 Å². The van der Waals surface area contributed by atoms with Gasteiger partial charge in [0.15, 0.2) is 0 Å². The minimum absolute atomic E-state index is 0.203. The highest BCUT2D eigenvalue weighted by atomic mass is 14.9. The van der Waals surface area contributed by atoms with Gasteiger partial charge in [0.05, 0.1) is 5.69 Å². The van der Waals surface area contributed by atoms with E-state index in [-0.39, 0.29) is 5.82 Å². The third-order valence-corrected chi connectivity index (χ3v) is 2.07. The average Bonchev–Trinajstić information content (AvgIpc) is 2.29. The predicted octanol–water partition coefficient (Wildman–Crippen LogP) is 2.32. The van der Waals surface area contributed by atoms with Gasteiger partial charge in [0.25, 0.3) is 0 Å². The molecule has 3 nitrogen and oxygen atoms in total. The highest BCUT2D eigenvalue weighted by Gasteiger charge is 2.01. The second-order valence-corrected chi connectivity index (χ2v) is 3.25. The number of nitriles is 1. The molecular weight excluding hydrogens is 186 g/mol. The fourth-order valence-corrected chi connectivity index (χ4v) is 1.38. The first-order chi connectivity index (χ1) is 7.29. The maximum Gasteiger partial charge on any atom is 0.232 e. The van der Waals surface area contributed by atoms with Crippen molar-refractivity contribution in [1.29, 1.82) is 5.26 Å². The van der Waals surface area contributed by atoms with Crippen LogP contribution in [0.1, 0.15) is 11.4 Å². The SMILES string of the molecule is Cc1cccc(-c2ccnc(C#N)n2)c1. The van der Waals surface area contributed by atoms with E-state index < -0.39 is 0 Å². The summed E-state index contributed by atoms with van der Waals surface area (Å²) in [6.45, 7) is 2.02. The van der Waals surface area contributed by atoms with E-state index in [1.165, 1.54) is 5.56 Å². The molecule has 0 saturated carbocycles. The Labute approximate surface area is 88.1 Å². The molecule has 2 rings (SSSR count). The highest BCUT2D eigenvalue weighted by Crippen LogP contribution is 2.17. The molecule has 0 amide bonds. The van der Waals surface area contributed by atoms with Crippen molar-refractivity contribution in [2.75, 3.05) is 0 Å². The number of benzene rings is 1. The molecule has 72 valence electrons. The molecule has 0 aliphatic heterocycles. The van der Waals surface area contributed by atoms with E-state index in [2.05, 4.69) is 9.97 Å². The molecule has 15 heavy (non-hydrogen) atoms. The molecule has 0 N–H and O–H groups in total. The normalized spacial score (nSPS) is 9.60. The van der Waals surface area contributed by atoms with Crippen LogP contribution >= 0.6 is 0 Å². The molecule has 0 aliphatic carbocycles. The van der Waals surface area contributed by atoms with Crippen molar-refractivity contribution in [2.24, 2.45) is 0 Å². The van der Waals surface area contributed by atoms with Gasteiger partial charge >= 0.3 is 0 Å². The van der Waals surface area contributed by atoms with E-state index in [1.807, 2.05) is 37.3 Å². The number of rotatable bonds is 1. The Hall–Kier alpha value is -2.21. The Morgan fingerprint density at radius 3 is 2.87 bits per heavy atom. The Balaban J connectivity index is 2.50. The lowest BCUT2D eigenvalue weighted by atomic mass is 10.1. The first-order valence-electron chi connectivity index (χ1n) is 4.60. The summed E-state index contributed by atoms with van der Waals surface area (Å²) in [4.78, 5) is 7.96. The van der Waals surface area contributed by atoms with Gasteiger partial charge in [-0.3, -0.25) is 0 Å². The lowest BCUT2D eigenvalue weighted by molar-refractivity contribution is 1.12. The van der Waals surface area contributed by atoms with Gasteiger partial charge in [0.1, 0.15) is 6.07 Å². The van der Waals surface area contributed by atoms with E-state index in [0.717, 1.165) is 11.3 Å². The minimum Gasteiger partial charge on any atom is -0.227 e. The van der Waals surface area contributed by atoms with Crippen LogP contribution in [0.25, 0.3) is 11.3 Å². The first kappa shape index (κ1) is 9.35. The topological polar surface area (TPSA) is 49.6 Å². The van der Waals surface area contributed by atoms with Crippen LogP contribution in [-0.2, 0) is 0 Å². The first-order valence-corrected chi connectivity index (χ1v) is 4.60. The van der Waals surface area contributed by atoms with Crippen LogP contribution in [0.2, 0.25) is 0 Å². The molecule has 1 aromatic carbocycles. The van der Waals surface area contributed by atoms with Crippen molar-refractivity contribution in [1.82, 2.24) is 9.97 Å². The molecule has 2 aromatic rings. The zero-order valence-corrected chi connectivity index (χ0v) is 8.31. The van der Waals surface area contributed by atoms with Gasteiger partial charge in [-0.15, -0.1) is 0 Å². The molecule has 0 unspecified atom stereocenters. The zero-order valence-electron chi connectivity index (χ0n) is 8.31. The molecule has 0 atom stereocenters. The zero-order chi connectivity index (χ0) is 10.7. The molecule has 3 heteroatoms. The van der Waals surface area contributed by atoms with Crippen LogP contribution < -0.4 is 0 Å². The molecule has 1 aromatic heterocycles. The van der Waals surface area contributed by atoms with Gasteiger partial charge in [-0.25, -0.2) is 9.97 Å². The van der Waals surface area contributed by atoms with Crippen molar-refractivity contribution in [3.8, 4) is 17.3 Å². The average molecular weight is 195 g/mol.